The molecule has 3 N–H and O–H groups in total. The molecule has 0 aliphatic rings. The van der Waals surface area contributed by atoms with E-state index in [1.54, 1.807) is 6.92 Å². The van der Waals surface area contributed by atoms with E-state index in [1.807, 2.05) is 5.32 Å². The number of carboxylic acids is 1. The molecule has 1 heterocycles. The minimum atomic E-state index is -1.27. The zero-order valence-electron chi connectivity index (χ0n) is 11.3. The monoisotopic (exact) mass is 315 g/mol. The number of ether oxygens (including phenoxy) is 1. The van der Waals surface area contributed by atoms with Crippen LogP contribution >= 0.6 is 11.8 Å². The highest BCUT2D eigenvalue weighted by Gasteiger charge is 2.18. The van der Waals surface area contributed by atoms with Crippen LogP contribution in [-0.2, 0) is 9.53 Å². The molecule has 21 heavy (non-hydrogen) atoms. The summed E-state index contributed by atoms with van der Waals surface area (Å²) < 4.78 is 4.52. The summed E-state index contributed by atoms with van der Waals surface area (Å²) in [6.07, 6.45) is -0.892. The van der Waals surface area contributed by atoms with Crippen LogP contribution in [0.1, 0.15) is 23.0 Å². The van der Waals surface area contributed by atoms with Crippen molar-refractivity contribution in [3.05, 3.63) is 21.7 Å². The zero-order chi connectivity index (χ0) is 16.0. The Labute approximate surface area is 123 Å². The quantitative estimate of drug-likeness (QED) is 0.515. The number of rotatable bonds is 5. The lowest BCUT2D eigenvalue weighted by Crippen LogP contribution is -2.32. The van der Waals surface area contributed by atoms with Crippen LogP contribution in [0.25, 0.3) is 0 Å². The van der Waals surface area contributed by atoms with Crippen LogP contribution in [0.2, 0.25) is 0 Å². The molecular weight excluding hydrogens is 302 g/mol. The molecule has 0 aliphatic heterocycles. The van der Waals surface area contributed by atoms with Crippen molar-refractivity contribution >= 4 is 29.7 Å². The predicted molar refractivity (Wildman–Crippen MR) is 72.4 cm³/mol. The van der Waals surface area contributed by atoms with Crippen LogP contribution in [0.4, 0.5) is 4.79 Å². The van der Waals surface area contributed by atoms with Gasteiger partial charge in [-0.05, 0) is 13.8 Å². The third-order valence-corrected chi connectivity index (χ3v) is 3.13. The number of hydrogen-bond donors (Lipinski definition) is 3. The van der Waals surface area contributed by atoms with Gasteiger partial charge in [-0.25, -0.2) is 14.4 Å². The molecule has 0 atom stereocenters. The minimum Gasteiger partial charge on any atom is -0.478 e. The molecule has 0 saturated heterocycles. The molecule has 0 saturated carbocycles. The number of aromatic nitrogens is 2. The highest BCUT2D eigenvalue weighted by Crippen LogP contribution is 2.20. The van der Waals surface area contributed by atoms with Gasteiger partial charge in [0.25, 0.3) is 0 Å². The van der Waals surface area contributed by atoms with Gasteiger partial charge in [0.15, 0.2) is 0 Å². The molecule has 0 fully saturated rings. The number of nitrogens with zero attached hydrogens (tertiary/aromatic N) is 1. The highest BCUT2D eigenvalue weighted by atomic mass is 32.2. The van der Waals surface area contributed by atoms with Gasteiger partial charge in [0, 0.05) is 5.69 Å². The summed E-state index contributed by atoms with van der Waals surface area (Å²) in [5, 5.41) is 10.9. The number of H-pyrrole nitrogens is 1. The Morgan fingerprint density at radius 3 is 2.67 bits per heavy atom. The van der Waals surface area contributed by atoms with Crippen molar-refractivity contribution in [1.29, 1.82) is 0 Å². The Bertz CT molecular complexity index is 627. The first kappa shape index (κ1) is 16.7. The number of imide groups is 1. The summed E-state index contributed by atoms with van der Waals surface area (Å²) in [5.41, 5.74) is -0.773. The summed E-state index contributed by atoms with van der Waals surface area (Å²) in [7, 11) is 0. The van der Waals surface area contributed by atoms with Crippen molar-refractivity contribution in [3.63, 3.8) is 0 Å². The van der Waals surface area contributed by atoms with Gasteiger partial charge in [0.1, 0.15) is 10.6 Å². The van der Waals surface area contributed by atoms with Crippen molar-refractivity contribution in [1.82, 2.24) is 15.3 Å². The fraction of sp³-hybridized carbons (Fsp3) is 0.364. The summed E-state index contributed by atoms with van der Waals surface area (Å²) in [6, 6.07) is 0. The lowest BCUT2D eigenvalue weighted by atomic mass is 10.2. The third-order valence-electron chi connectivity index (χ3n) is 2.16. The smallest absolute Gasteiger partial charge is 0.413 e. The minimum absolute atomic E-state index is 0.0947. The molecule has 0 unspecified atom stereocenters. The van der Waals surface area contributed by atoms with Crippen LogP contribution in [0, 0.1) is 6.92 Å². The largest absolute Gasteiger partial charge is 0.478 e. The molecule has 9 nitrogen and oxygen atoms in total. The highest BCUT2D eigenvalue weighted by molar-refractivity contribution is 8.00. The number of thioether (sulfide) groups is 1. The van der Waals surface area contributed by atoms with Crippen LogP contribution < -0.4 is 11.0 Å². The molecule has 1 rings (SSSR count). The van der Waals surface area contributed by atoms with Gasteiger partial charge >= 0.3 is 17.8 Å². The van der Waals surface area contributed by atoms with Gasteiger partial charge in [-0.15, -0.1) is 0 Å². The molecule has 1 aromatic rings. The maximum Gasteiger partial charge on any atom is 0.413 e. The van der Waals surface area contributed by atoms with E-state index in [-0.39, 0.29) is 28.6 Å². The van der Waals surface area contributed by atoms with Crippen molar-refractivity contribution in [2.24, 2.45) is 0 Å². The van der Waals surface area contributed by atoms with Gasteiger partial charge in [-0.2, -0.15) is 4.98 Å². The first-order valence-electron chi connectivity index (χ1n) is 5.78. The fourth-order valence-electron chi connectivity index (χ4n) is 1.37. The molecule has 0 bridgehead atoms. The zero-order valence-corrected chi connectivity index (χ0v) is 12.1. The van der Waals surface area contributed by atoms with Crippen molar-refractivity contribution in [2.75, 3.05) is 12.4 Å². The topological polar surface area (TPSA) is 138 Å². The second-order valence-electron chi connectivity index (χ2n) is 3.71. The number of carboxylic acid groups (broad SMARTS) is 1. The molecule has 1 aromatic heterocycles. The van der Waals surface area contributed by atoms with E-state index in [0.29, 0.717) is 0 Å². The summed E-state index contributed by atoms with van der Waals surface area (Å²) in [5.74, 6) is -2.24. The van der Waals surface area contributed by atoms with Crippen LogP contribution in [-0.4, -0.2) is 45.4 Å². The number of aromatic carboxylic acids is 1. The number of nitrogens with one attached hydrogen (secondary N) is 2. The van der Waals surface area contributed by atoms with Crippen LogP contribution in [0.15, 0.2) is 9.82 Å². The van der Waals surface area contributed by atoms with E-state index in [4.69, 9.17) is 5.11 Å². The van der Waals surface area contributed by atoms with E-state index in [9.17, 15) is 19.2 Å². The van der Waals surface area contributed by atoms with E-state index >= 15 is 0 Å². The van der Waals surface area contributed by atoms with Gasteiger partial charge < -0.3 is 14.8 Å². The Hall–Kier alpha value is -2.36. The number of alkyl carbamates (subject to hydrolysis) is 1. The Balaban J connectivity index is 2.80. The normalized spacial score (nSPS) is 10.0. The number of amides is 2. The van der Waals surface area contributed by atoms with Gasteiger partial charge in [0.05, 0.1) is 12.4 Å². The number of aromatic amines is 1. The number of carbonyl (C=O) groups is 3. The van der Waals surface area contributed by atoms with Crippen molar-refractivity contribution < 1.29 is 24.2 Å². The van der Waals surface area contributed by atoms with Crippen LogP contribution in [0.5, 0.6) is 0 Å². The lowest BCUT2D eigenvalue weighted by Gasteiger charge is -2.07. The third kappa shape index (κ3) is 4.91. The summed E-state index contributed by atoms with van der Waals surface area (Å²) in [6.45, 7) is 3.11. The van der Waals surface area contributed by atoms with Crippen molar-refractivity contribution in [2.45, 2.75) is 18.9 Å². The Morgan fingerprint density at radius 2 is 2.10 bits per heavy atom. The maximum absolute atomic E-state index is 11.5. The van der Waals surface area contributed by atoms with Crippen LogP contribution in [0.3, 0.4) is 0 Å². The number of carbonyl (C=O) groups excluding carboxylic acids is 2. The predicted octanol–water partition coefficient (Wildman–Crippen LogP) is 0.141. The van der Waals surface area contributed by atoms with E-state index < -0.39 is 23.7 Å². The lowest BCUT2D eigenvalue weighted by molar-refractivity contribution is -0.117. The average molecular weight is 315 g/mol. The fourth-order valence-corrected chi connectivity index (χ4v) is 2.24. The Kier molecular flexibility index (Phi) is 5.91. The molecule has 2 amide bonds. The summed E-state index contributed by atoms with van der Waals surface area (Å²) >= 11 is 0.740. The maximum atomic E-state index is 11.5. The summed E-state index contributed by atoms with van der Waals surface area (Å²) in [4.78, 5) is 50.6. The standard InChI is InChI=1S/C11H13N3O6S/c1-3-20-11(19)13-6(15)4-21-8-7(9(16)17)5(2)12-10(18)14-8/h3-4H2,1-2H3,(H,16,17)(H,12,14,18)(H,13,15,19). The van der Waals surface area contributed by atoms with Gasteiger partial charge in [0.2, 0.25) is 5.91 Å². The van der Waals surface area contributed by atoms with E-state index in [1.165, 1.54) is 6.92 Å². The molecule has 0 radical (unpaired) electrons. The molecule has 0 spiro atoms. The molecule has 0 aliphatic carbocycles. The van der Waals surface area contributed by atoms with Gasteiger partial charge in [-0.3, -0.25) is 10.1 Å². The number of hydrogen-bond acceptors (Lipinski definition) is 7. The van der Waals surface area contributed by atoms with E-state index in [2.05, 4.69) is 14.7 Å². The number of aryl methyl sites for hydroxylation is 1. The SMILES string of the molecule is CCOC(=O)NC(=O)CSc1nc(=O)[nH]c(C)c1C(=O)O. The van der Waals surface area contributed by atoms with Gasteiger partial charge in [-0.1, -0.05) is 11.8 Å². The molecule has 10 heteroatoms. The molecule has 0 aromatic carbocycles. The average Bonchev–Trinajstić information content (AvgIpc) is 2.35. The Morgan fingerprint density at radius 1 is 1.43 bits per heavy atom. The first-order chi connectivity index (χ1) is 9.85. The second kappa shape index (κ2) is 7.43. The van der Waals surface area contributed by atoms with Crippen molar-refractivity contribution in [3.8, 4) is 0 Å². The van der Waals surface area contributed by atoms with E-state index in [0.717, 1.165) is 11.8 Å². The molecular formula is C11H13N3O6S. The first-order valence-corrected chi connectivity index (χ1v) is 6.77. The molecule has 114 valence electrons. The second-order valence-corrected chi connectivity index (χ2v) is 4.67.